The van der Waals surface area contributed by atoms with Crippen LogP contribution in [0.25, 0.3) is 5.69 Å². The van der Waals surface area contributed by atoms with E-state index in [0.717, 1.165) is 5.69 Å². The first-order valence-electron chi connectivity index (χ1n) is 6.31. The second-order valence-corrected chi connectivity index (χ2v) is 4.24. The maximum absolute atomic E-state index is 12.0. The van der Waals surface area contributed by atoms with Gasteiger partial charge >= 0.3 is 5.97 Å². The van der Waals surface area contributed by atoms with Crippen LogP contribution in [0.3, 0.4) is 0 Å². The van der Waals surface area contributed by atoms with Gasteiger partial charge in [0, 0.05) is 0 Å². The van der Waals surface area contributed by atoms with Crippen molar-refractivity contribution in [1.82, 2.24) is 9.55 Å². The molecule has 1 aromatic carbocycles. The number of hydrogen-bond donors (Lipinski definition) is 3. The zero-order valence-electron chi connectivity index (χ0n) is 11.2. The van der Waals surface area contributed by atoms with E-state index in [-0.39, 0.29) is 6.61 Å². The van der Waals surface area contributed by atoms with Gasteiger partial charge in [-0.25, -0.2) is 9.78 Å². The van der Waals surface area contributed by atoms with Crippen LogP contribution in [-0.4, -0.2) is 22.1 Å². The van der Waals surface area contributed by atoms with Crippen molar-refractivity contribution < 1.29 is 9.53 Å². The number of rotatable bonds is 3. The molecular weight excluding hydrogens is 272 g/mol. The van der Waals surface area contributed by atoms with E-state index in [9.17, 15) is 4.79 Å². The molecule has 0 atom stereocenters. The number of nitrogens with zero attached hydrogens (tertiary/aromatic N) is 3. The molecule has 0 saturated heterocycles. The van der Waals surface area contributed by atoms with Crippen molar-refractivity contribution in [3.8, 4) is 11.9 Å². The lowest BCUT2D eigenvalue weighted by atomic mass is 10.2. The Morgan fingerprint density at radius 2 is 2.38 bits per heavy atom. The lowest BCUT2D eigenvalue weighted by Gasteiger charge is -2.23. The van der Waals surface area contributed by atoms with Crippen molar-refractivity contribution in [2.24, 2.45) is 0 Å². The summed E-state index contributed by atoms with van der Waals surface area (Å²) in [4.78, 5) is 16.1. The number of anilines is 3. The number of ether oxygens (including phenoxy) is 1. The van der Waals surface area contributed by atoms with Crippen molar-refractivity contribution in [1.29, 1.82) is 5.26 Å². The minimum absolute atomic E-state index is 0.286. The molecule has 1 aromatic heterocycles. The number of nitriles is 1. The predicted molar refractivity (Wildman–Crippen MR) is 76.0 cm³/mol. The van der Waals surface area contributed by atoms with Crippen LogP contribution in [0, 0.1) is 11.5 Å². The fourth-order valence-electron chi connectivity index (χ4n) is 2.12. The zero-order valence-corrected chi connectivity index (χ0v) is 11.2. The van der Waals surface area contributed by atoms with Gasteiger partial charge in [-0.1, -0.05) is 0 Å². The van der Waals surface area contributed by atoms with Gasteiger partial charge in [0.05, 0.1) is 29.9 Å². The van der Waals surface area contributed by atoms with E-state index in [1.165, 1.54) is 6.20 Å². The number of hydrogen-bond acceptors (Lipinski definition) is 7. The molecule has 0 bridgehead atoms. The molecule has 3 N–H and O–H groups in total. The Hall–Kier alpha value is -3.21. The molecular formula is C13H12N6O2. The van der Waals surface area contributed by atoms with Gasteiger partial charge in [-0.3, -0.25) is 20.7 Å². The van der Waals surface area contributed by atoms with Crippen LogP contribution < -0.4 is 16.2 Å². The molecule has 1 aliphatic heterocycles. The number of imidazole rings is 1. The fourth-order valence-corrected chi connectivity index (χ4v) is 2.12. The molecule has 0 amide bonds. The average molecular weight is 284 g/mol. The minimum Gasteiger partial charge on any atom is -0.461 e. The molecule has 0 saturated carbocycles. The Bertz CT molecular complexity index is 746. The lowest BCUT2D eigenvalue weighted by Crippen LogP contribution is -2.22. The maximum Gasteiger partial charge on any atom is 0.357 e. The molecule has 0 unspecified atom stereocenters. The van der Waals surface area contributed by atoms with Gasteiger partial charge in [0.15, 0.2) is 11.9 Å². The summed E-state index contributed by atoms with van der Waals surface area (Å²) in [5.41, 5.74) is 8.27. The summed E-state index contributed by atoms with van der Waals surface area (Å²) in [6.45, 7) is 2.03. The largest absolute Gasteiger partial charge is 0.461 e. The zero-order chi connectivity index (χ0) is 14.8. The van der Waals surface area contributed by atoms with Gasteiger partial charge in [0.25, 0.3) is 0 Å². The van der Waals surface area contributed by atoms with E-state index in [4.69, 9.17) is 10.00 Å². The number of carbonyl (C=O) groups is 1. The molecule has 0 spiro atoms. The van der Waals surface area contributed by atoms with Crippen molar-refractivity contribution in [3.63, 3.8) is 0 Å². The third-order valence-corrected chi connectivity index (χ3v) is 2.99. The highest BCUT2D eigenvalue weighted by Crippen LogP contribution is 2.32. The standard InChI is InChI=1S/C13H12N6O2/c1-2-21-12(20)11-6-15-13-18-17-9-4-3-8(16-7-14)5-10(9)19(11)13/h3-6,16-17H,2H2,1H3,(H,15,18). The predicted octanol–water partition coefficient (Wildman–Crippen LogP) is 1.69. The van der Waals surface area contributed by atoms with Crippen LogP contribution in [0.15, 0.2) is 24.4 Å². The van der Waals surface area contributed by atoms with E-state index < -0.39 is 5.97 Å². The number of benzene rings is 1. The third-order valence-electron chi connectivity index (χ3n) is 2.99. The number of aromatic nitrogens is 2. The van der Waals surface area contributed by atoms with Crippen LogP contribution in [0.1, 0.15) is 17.4 Å². The Morgan fingerprint density at radius 3 is 3.14 bits per heavy atom. The summed E-state index contributed by atoms with van der Waals surface area (Å²) in [6.07, 6.45) is 3.31. The van der Waals surface area contributed by atoms with Gasteiger partial charge in [0.2, 0.25) is 5.95 Å². The molecule has 0 aliphatic carbocycles. The third kappa shape index (κ3) is 2.10. The van der Waals surface area contributed by atoms with Gasteiger partial charge < -0.3 is 4.74 Å². The quantitative estimate of drug-likeness (QED) is 0.447. The summed E-state index contributed by atoms with van der Waals surface area (Å²) >= 11 is 0. The van der Waals surface area contributed by atoms with Crippen LogP contribution in [0.2, 0.25) is 0 Å². The highest BCUT2D eigenvalue weighted by atomic mass is 16.5. The molecule has 106 valence electrons. The highest BCUT2D eigenvalue weighted by Gasteiger charge is 2.24. The summed E-state index contributed by atoms with van der Waals surface area (Å²) in [6, 6.07) is 5.29. The monoisotopic (exact) mass is 284 g/mol. The van der Waals surface area contributed by atoms with Gasteiger partial charge in [-0.15, -0.1) is 0 Å². The SMILES string of the molecule is CCOC(=O)c1cnc2n1-c1cc(NC#N)ccc1NN2. The normalized spacial score (nSPS) is 11.2. The van der Waals surface area contributed by atoms with Crippen molar-refractivity contribution in [2.75, 3.05) is 22.8 Å². The number of fused-ring (bicyclic) bond motifs is 3. The molecule has 0 radical (unpaired) electrons. The lowest BCUT2D eigenvalue weighted by molar-refractivity contribution is 0.0517. The Balaban J connectivity index is 2.12. The molecule has 8 heteroatoms. The Kier molecular flexibility index (Phi) is 3.08. The Labute approximate surface area is 120 Å². The summed E-state index contributed by atoms with van der Waals surface area (Å²) in [5, 5.41) is 11.3. The summed E-state index contributed by atoms with van der Waals surface area (Å²) < 4.78 is 6.67. The summed E-state index contributed by atoms with van der Waals surface area (Å²) in [7, 11) is 0. The van der Waals surface area contributed by atoms with Crippen LogP contribution in [0.5, 0.6) is 0 Å². The number of nitrogens with one attached hydrogen (secondary N) is 3. The van der Waals surface area contributed by atoms with E-state index in [1.54, 1.807) is 29.7 Å². The van der Waals surface area contributed by atoms with Gasteiger partial charge in [-0.05, 0) is 25.1 Å². The molecule has 8 nitrogen and oxygen atoms in total. The maximum atomic E-state index is 12.0. The van der Waals surface area contributed by atoms with E-state index in [0.29, 0.717) is 23.0 Å². The molecule has 2 heterocycles. The smallest absolute Gasteiger partial charge is 0.357 e. The molecule has 1 aliphatic rings. The van der Waals surface area contributed by atoms with Crippen LogP contribution in [0.4, 0.5) is 17.3 Å². The molecule has 2 aromatic rings. The van der Waals surface area contributed by atoms with E-state index >= 15 is 0 Å². The van der Waals surface area contributed by atoms with Crippen LogP contribution in [-0.2, 0) is 4.74 Å². The van der Waals surface area contributed by atoms with Gasteiger partial charge in [0.1, 0.15) is 0 Å². The van der Waals surface area contributed by atoms with E-state index in [1.807, 2.05) is 6.19 Å². The first-order chi connectivity index (χ1) is 10.2. The van der Waals surface area contributed by atoms with Gasteiger partial charge in [-0.2, -0.15) is 5.26 Å². The first-order valence-corrected chi connectivity index (χ1v) is 6.31. The fraction of sp³-hybridized carbons (Fsp3) is 0.154. The van der Waals surface area contributed by atoms with Crippen molar-refractivity contribution in [2.45, 2.75) is 6.92 Å². The van der Waals surface area contributed by atoms with E-state index in [2.05, 4.69) is 21.2 Å². The first kappa shape index (κ1) is 12.8. The van der Waals surface area contributed by atoms with Crippen molar-refractivity contribution >= 4 is 23.3 Å². The Morgan fingerprint density at radius 1 is 1.52 bits per heavy atom. The van der Waals surface area contributed by atoms with Crippen LogP contribution >= 0.6 is 0 Å². The number of carbonyl (C=O) groups excluding carboxylic acids is 1. The highest BCUT2D eigenvalue weighted by molar-refractivity contribution is 5.90. The molecule has 0 fully saturated rings. The molecule has 3 rings (SSSR count). The minimum atomic E-state index is -0.454. The second-order valence-electron chi connectivity index (χ2n) is 4.24. The number of hydrazine groups is 1. The average Bonchev–Trinajstić information content (AvgIpc) is 2.92. The van der Waals surface area contributed by atoms with Crippen molar-refractivity contribution in [3.05, 3.63) is 30.1 Å². The number of esters is 1. The topological polar surface area (TPSA) is 104 Å². The summed E-state index contributed by atoms with van der Waals surface area (Å²) in [5.74, 6) is 0.0178. The molecule has 21 heavy (non-hydrogen) atoms. The second kappa shape index (κ2) is 5.05.